The van der Waals surface area contributed by atoms with Crippen LogP contribution in [0, 0.1) is 0 Å². The van der Waals surface area contributed by atoms with E-state index in [1.165, 1.54) is 11.3 Å². The highest BCUT2D eigenvalue weighted by molar-refractivity contribution is 9.11. The Morgan fingerprint density at radius 1 is 1.29 bits per heavy atom. The number of carboxylic acid groups (broad SMARTS) is 1. The number of thiophene rings is 1. The number of rotatable bonds is 5. The van der Waals surface area contributed by atoms with Crippen molar-refractivity contribution in [3.8, 4) is 0 Å². The number of carbonyl (C=O) groups is 2. The fourth-order valence-electron chi connectivity index (χ4n) is 1.80. The van der Waals surface area contributed by atoms with Gasteiger partial charge in [-0.3, -0.25) is 9.59 Å². The fraction of sp³-hybridized carbons (Fsp3) is 0.143. The lowest BCUT2D eigenvalue weighted by molar-refractivity contribution is -0.137. The number of aliphatic carboxylic acids is 1. The van der Waals surface area contributed by atoms with Crippen LogP contribution >= 0.6 is 43.2 Å². The van der Waals surface area contributed by atoms with Gasteiger partial charge in [0.1, 0.15) is 0 Å². The standard InChI is InChI=1S/C14H11Br2NO3S/c15-8-3-4-9(10(16)6-8)14(20)17-11(7-13(18)19)12-2-1-5-21-12/h1-6,11H,7H2,(H,17,20)(H,18,19). The van der Waals surface area contributed by atoms with Crippen LogP contribution in [0.25, 0.3) is 0 Å². The van der Waals surface area contributed by atoms with Crippen molar-refractivity contribution < 1.29 is 14.7 Å². The summed E-state index contributed by atoms with van der Waals surface area (Å²) in [5, 5.41) is 13.6. The molecule has 1 heterocycles. The molecular formula is C14H11Br2NO3S. The molecule has 0 aliphatic heterocycles. The van der Waals surface area contributed by atoms with Crippen LogP contribution in [-0.4, -0.2) is 17.0 Å². The van der Waals surface area contributed by atoms with Crippen molar-refractivity contribution in [2.24, 2.45) is 0 Å². The lowest BCUT2D eigenvalue weighted by atomic mass is 10.1. The zero-order valence-electron chi connectivity index (χ0n) is 10.7. The predicted octanol–water partition coefficient (Wildman–Crippen LogP) is 4.22. The topological polar surface area (TPSA) is 66.4 Å². The number of halogens is 2. The van der Waals surface area contributed by atoms with Gasteiger partial charge in [0.2, 0.25) is 0 Å². The highest BCUT2D eigenvalue weighted by Gasteiger charge is 2.20. The average molecular weight is 433 g/mol. The van der Waals surface area contributed by atoms with Gasteiger partial charge in [-0.25, -0.2) is 0 Å². The molecule has 4 nitrogen and oxygen atoms in total. The molecule has 0 aliphatic carbocycles. The summed E-state index contributed by atoms with van der Waals surface area (Å²) in [6.45, 7) is 0. The number of hydrogen-bond donors (Lipinski definition) is 2. The van der Waals surface area contributed by atoms with E-state index in [1.807, 2.05) is 17.5 Å². The van der Waals surface area contributed by atoms with Crippen molar-refractivity contribution in [1.29, 1.82) is 0 Å². The molecule has 0 radical (unpaired) electrons. The number of hydrogen-bond acceptors (Lipinski definition) is 3. The minimum atomic E-state index is -0.955. The first-order valence-electron chi connectivity index (χ1n) is 5.98. The van der Waals surface area contributed by atoms with E-state index in [1.54, 1.807) is 18.2 Å². The summed E-state index contributed by atoms with van der Waals surface area (Å²) in [5.74, 6) is -1.27. The summed E-state index contributed by atoms with van der Waals surface area (Å²) in [4.78, 5) is 24.1. The van der Waals surface area contributed by atoms with Crippen molar-refractivity contribution in [3.63, 3.8) is 0 Å². The average Bonchev–Trinajstić information content (AvgIpc) is 2.90. The first kappa shape index (κ1) is 16.2. The van der Waals surface area contributed by atoms with Gasteiger partial charge in [-0.15, -0.1) is 11.3 Å². The van der Waals surface area contributed by atoms with Crippen molar-refractivity contribution in [3.05, 3.63) is 55.1 Å². The largest absolute Gasteiger partial charge is 0.481 e. The molecule has 2 N–H and O–H groups in total. The number of amides is 1. The Hall–Kier alpha value is -1.18. The van der Waals surface area contributed by atoms with Gasteiger partial charge in [-0.2, -0.15) is 0 Å². The maximum atomic E-state index is 12.3. The first-order valence-corrected chi connectivity index (χ1v) is 8.45. The summed E-state index contributed by atoms with van der Waals surface area (Å²) in [7, 11) is 0. The third-order valence-corrected chi connectivity index (χ3v) is 4.88. The van der Waals surface area contributed by atoms with E-state index in [-0.39, 0.29) is 12.3 Å². The molecule has 0 spiro atoms. The number of nitrogens with one attached hydrogen (secondary N) is 1. The van der Waals surface area contributed by atoms with Gasteiger partial charge in [0.15, 0.2) is 0 Å². The number of carboxylic acids is 1. The van der Waals surface area contributed by atoms with Crippen molar-refractivity contribution in [2.75, 3.05) is 0 Å². The molecule has 0 saturated heterocycles. The van der Waals surface area contributed by atoms with Gasteiger partial charge >= 0.3 is 5.97 Å². The highest BCUT2D eigenvalue weighted by Crippen LogP contribution is 2.25. The van der Waals surface area contributed by atoms with E-state index in [0.717, 1.165) is 9.35 Å². The molecule has 0 aliphatic rings. The van der Waals surface area contributed by atoms with Gasteiger partial charge in [0, 0.05) is 13.8 Å². The Balaban J connectivity index is 2.20. The lowest BCUT2D eigenvalue weighted by Gasteiger charge is -2.16. The molecule has 2 aromatic rings. The molecule has 0 fully saturated rings. The van der Waals surface area contributed by atoms with Gasteiger partial charge < -0.3 is 10.4 Å². The monoisotopic (exact) mass is 431 g/mol. The van der Waals surface area contributed by atoms with Gasteiger partial charge in [-0.1, -0.05) is 22.0 Å². The van der Waals surface area contributed by atoms with Crippen LogP contribution in [0.15, 0.2) is 44.7 Å². The number of carbonyl (C=O) groups excluding carboxylic acids is 1. The van der Waals surface area contributed by atoms with Crippen LogP contribution in [-0.2, 0) is 4.79 Å². The molecule has 0 saturated carbocycles. The lowest BCUT2D eigenvalue weighted by Crippen LogP contribution is -2.29. The smallest absolute Gasteiger partial charge is 0.305 e. The van der Waals surface area contributed by atoms with Crippen LogP contribution in [0.2, 0.25) is 0 Å². The van der Waals surface area contributed by atoms with E-state index >= 15 is 0 Å². The first-order chi connectivity index (χ1) is 9.97. The highest BCUT2D eigenvalue weighted by atomic mass is 79.9. The maximum absolute atomic E-state index is 12.3. The molecule has 0 bridgehead atoms. The Morgan fingerprint density at radius 2 is 2.05 bits per heavy atom. The van der Waals surface area contributed by atoms with E-state index < -0.39 is 12.0 Å². The molecule has 1 amide bonds. The van der Waals surface area contributed by atoms with E-state index in [4.69, 9.17) is 5.11 Å². The summed E-state index contributed by atoms with van der Waals surface area (Å²) in [6, 6.07) is 8.32. The molecule has 1 aromatic carbocycles. The second-order valence-corrected chi connectivity index (χ2v) is 7.01. The van der Waals surface area contributed by atoms with E-state index in [2.05, 4.69) is 37.2 Å². The molecule has 2 rings (SSSR count). The third kappa shape index (κ3) is 4.39. The van der Waals surface area contributed by atoms with Gasteiger partial charge in [0.25, 0.3) is 5.91 Å². The summed E-state index contributed by atoms with van der Waals surface area (Å²) >= 11 is 8.07. The Bertz CT molecular complexity index is 658. The molecule has 1 unspecified atom stereocenters. The molecule has 110 valence electrons. The second kappa shape index (κ2) is 7.20. The number of benzene rings is 1. The summed E-state index contributed by atoms with van der Waals surface area (Å²) in [6.07, 6.45) is -0.152. The third-order valence-electron chi connectivity index (χ3n) is 2.75. The summed E-state index contributed by atoms with van der Waals surface area (Å²) in [5.41, 5.74) is 0.463. The van der Waals surface area contributed by atoms with E-state index in [0.29, 0.717) is 10.0 Å². The molecule has 1 atom stereocenters. The van der Waals surface area contributed by atoms with Gasteiger partial charge in [0.05, 0.1) is 18.0 Å². The van der Waals surface area contributed by atoms with Crippen LogP contribution < -0.4 is 5.32 Å². The summed E-state index contributed by atoms with van der Waals surface area (Å²) < 4.78 is 1.50. The molecule has 1 aromatic heterocycles. The minimum Gasteiger partial charge on any atom is -0.481 e. The molecular weight excluding hydrogens is 422 g/mol. The van der Waals surface area contributed by atoms with Crippen LogP contribution in [0.5, 0.6) is 0 Å². The Kier molecular flexibility index (Phi) is 5.55. The Morgan fingerprint density at radius 3 is 2.62 bits per heavy atom. The van der Waals surface area contributed by atoms with Crippen LogP contribution in [0.3, 0.4) is 0 Å². The SMILES string of the molecule is O=C(O)CC(NC(=O)c1ccc(Br)cc1Br)c1cccs1. The van der Waals surface area contributed by atoms with E-state index in [9.17, 15) is 9.59 Å². The normalized spacial score (nSPS) is 11.9. The van der Waals surface area contributed by atoms with Crippen LogP contribution in [0.4, 0.5) is 0 Å². The zero-order chi connectivity index (χ0) is 15.4. The quantitative estimate of drug-likeness (QED) is 0.743. The minimum absolute atomic E-state index is 0.152. The second-order valence-electron chi connectivity index (χ2n) is 4.26. The Labute approximate surface area is 142 Å². The molecule has 21 heavy (non-hydrogen) atoms. The fourth-order valence-corrected chi connectivity index (χ4v) is 3.80. The maximum Gasteiger partial charge on any atom is 0.305 e. The van der Waals surface area contributed by atoms with Crippen molar-refractivity contribution in [2.45, 2.75) is 12.5 Å². The van der Waals surface area contributed by atoms with Crippen LogP contribution in [0.1, 0.15) is 27.7 Å². The zero-order valence-corrected chi connectivity index (χ0v) is 14.7. The molecule has 7 heteroatoms. The van der Waals surface area contributed by atoms with Crippen molar-refractivity contribution >= 4 is 55.1 Å². The predicted molar refractivity (Wildman–Crippen MR) is 88.6 cm³/mol. The van der Waals surface area contributed by atoms with Gasteiger partial charge in [-0.05, 0) is 45.6 Å². The van der Waals surface area contributed by atoms with Crippen molar-refractivity contribution in [1.82, 2.24) is 5.32 Å².